The van der Waals surface area contributed by atoms with Gasteiger partial charge in [-0.25, -0.2) is 4.98 Å². The maximum absolute atomic E-state index is 5.88. The zero-order valence-corrected chi connectivity index (χ0v) is 11.0. The molecule has 0 atom stereocenters. The molecular formula is C11H10ClN5O2. The number of halogens is 1. The molecule has 98 valence electrons. The lowest BCUT2D eigenvalue weighted by atomic mass is 10.3. The average molecular weight is 280 g/mol. The first kappa shape index (κ1) is 12.1. The Bertz CT molecular complexity index is 736. The van der Waals surface area contributed by atoms with Crippen LogP contribution in [0, 0.1) is 6.92 Å². The summed E-state index contributed by atoms with van der Waals surface area (Å²) in [6.07, 6.45) is 0. The molecule has 3 aromatic rings. The standard InChI is InChI=1S/C11H10ClN5O2/c1-6-13-9(12)4-10-14-15-11(17(6)10)8-3-7(5-18-2)19-16-8/h3-4H,5H2,1-2H3. The predicted octanol–water partition coefficient (Wildman–Crippen LogP) is 1.89. The van der Waals surface area contributed by atoms with E-state index in [1.54, 1.807) is 23.6 Å². The molecule has 0 saturated carbocycles. The van der Waals surface area contributed by atoms with Gasteiger partial charge in [-0.3, -0.25) is 4.40 Å². The SMILES string of the molecule is COCc1cc(-c2nnc3cc(Cl)nc(C)n23)no1. The third-order valence-electron chi connectivity index (χ3n) is 2.60. The fourth-order valence-corrected chi connectivity index (χ4v) is 2.07. The van der Waals surface area contributed by atoms with Crippen LogP contribution in [0.2, 0.25) is 5.15 Å². The molecule has 3 rings (SSSR count). The molecule has 19 heavy (non-hydrogen) atoms. The normalized spacial score (nSPS) is 11.3. The van der Waals surface area contributed by atoms with Crippen molar-refractivity contribution in [1.29, 1.82) is 0 Å². The van der Waals surface area contributed by atoms with Crippen molar-refractivity contribution in [2.75, 3.05) is 7.11 Å². The van der Waals surface area contributed by atoms with Gasteiger partial charge >= 0.3 is 0 Å². The molecule has 0 aliphatic heterocycles. The molecule has 7 nitrogen and oxygen atoms in total. The Kier molecular flexibility index (Phi) is 2.92. The van der Waals surface area contributed by atoms with Crippen molar-refractivity contribution in [3.8, 4) is 11.5 Å². The van der Waals surface area contributed by atoms with Gasteiger partial charge in [0.25, 0.3) is 0 Å². The second-order valence-electron chi connectivity index (χ2n) is 3.95. The Morgan fingerprint density at radius 3 is 3.00 bits per heavy atom. The molecule has 0 aromatic carbocycles. The summed E-state index contributed by atoms with van der Waals surface area (Å²) in [5.41, 5.74) is 1.19. The summed E-state index contributed by atoms with van der Waals surface area (Å²) in [5, 5.41) is 12.5. The molecule has 0 bridgehead atoms. The molecular weight excluding hydrogens is 270 g/mol. The van der Waals surface area contributed by atoms with E-state index in [1.807, 2.05) is 6.92 Å². The molecule has 0 aliphatic rings. The predicted molar refractivity (Wildman–Crippen MR) is 66.7 cm³/mol. The van der Waals surface area contributed by atoms with E-state index in [4.69, 9.17) is 20.9 Å². The van der Waals surface area contributed by atoms with E-state index in [2.05, 4.69) is 20.3 Å². The highest BCUT2D eigenvalue weighted by Crippen LogP contribution is 2.21. The minimum atomic E-state index is 0.354. The fourth-order valence-electron chi connectivity index (χ4n) is 1.85. The highest BCUT2D eigenvalue weighted by molar-refractivity contribution is 6.29. The number of aromatic nitrogens is 5. The quantitative estimate of drug-likeness (QED) is 0.681. The first-order valence-electron chi connectivity index (χ1n) is 5.52. The van der Waals surface area contributed by atoms with E-state index in [-0.39, 0.29) is 0 Å². The molecule has 0 amide bonds. The second-order valence-corrected chi connectivity index (χ2v) is 4.34. The summed E-state index contributed by atoms with van der Waals surface area (Å²) in [7, 11) is 1.59. The summed E-state index contributed by atoms with van der Waals surface area (Å²) < 4.78 is 11.9. The largest absolute Gasteiger partial charge is 0.377 e. The first-order valence-corrected chi connectivity index (χ1v) is 5.90. The third-order valence-corrected chi connectivity index (χ3v) is 2.80. The monoisotopic (exact) mass is 279 g/mol. The lowest BCUT2D eigenvalue weighted by molar-refractivity contribution is 0.156. The zero-order valence-electron chi connectivity index (χ0n) is 10.3. The molecule has 0 N–H and O–H groups in total. The van der Waals surface area contributed by atoms with E-state index >= 15 is 0 Å². The summed E-state index contributed by atoms with van der Waals surface area (Å²) in [4.78, 5) is 4.17. The lowest BCUT2D eigenvalue weighted by Crippen LogP contribution is -1.98. The van der Waals surface area contributed by atoms with Gasteiger partial charge < -0.3 is 9.26 Å². The molecule has 0 spiro atoms. The smallest absolute Gasteiger partial charge is 0.192 e. The van der Waals surface area contributed by atoms with E-state index in [9.17, 15) is 0 Å². The molecule has 0 saturated heterocycles. The van der Waals surface area contributed by atoms with Gasteiger partial charge in [0.2, 0.25) is 0 Å². The Morgan fingerprint density at radius 2 is 2.21 bits per heavy atom. The number of rotatable bonds is 3. The lowest BCUT2D eigenvalue weighted by Gasteiger charge is -2.00. The molecule has 0 unspecified atom stereocenters. The van der Waals surface area contributed by atoms with Gasteiger partial charge in [-0.15, -0.1) is 10.2 Å². The van der Waals surface area contributed by atoms with Crippen LogP contribution in [0.3, 0.4) is 0 Å². The Morgan fingerprint density at radius 1 is 1.37 bits per heavy atom. The van der Waals surface area contributed by atoms with Crippen molar-refractivity contribution in [2.24, 2.45) is 0 Å². The van der Waals surface area contributed by atoms with Crippen LogP contribution < -0.4 is 0 Å². The zero-order chi connectivity index (χ0) is 13.4. The number of methoxy groups -OCH3 is 1. The summed E-state index contributed by atoms with van der Waals surface area (Å²) >= 11 is 5.88. The third kappa shape index (κ3) is 2.06. The fraction of sp³-hybridized carbons (Fsp3) is 0.273. The molecule has 3 aromatic heterocycles. The van der Waals surface area contributed by atoms with Crippen LogP contribution in [0.15, 0.2) is 16.7 Å². The van der Waals surface area contributed by atoms with Crippen molar-refractivity contribution >= 4 is 17.2 Å². The molecule has 3 heterocycles. The van der Waals surface area contributed by atoms with Crippen molar-refractivity contribution in [3.05, 3.63) is 28.9 Å². The molecule has 0 aliphatic carbocycles. The van der Waals surface area contributed by atoms with E-state index < -0.39 is 0 Å². The maximum Gasteiger partial charge on any atom is 0.192 e. The van der Waals surface area contributed by atoms with Gasteiger partial charge in [0.05, 0.1) is 0 Å². The van der Waals surface area contributed by atoms with Crippen molar-refractivity contribution < 1.29 is 9.26 Å². The van der Waals surface area contributed by atoms with Crippen LogP contribution in [0.4, 0.5) is 0 Å². The highest BCUT2D eigenvalue weighted by Gasteiger charge is 2.15. The first-order chi connectivity index (χ1) is 9.19. The maximum atomic E-state index is 5.88. The minimum Gasteiger partial charge on any atom is -0.377 e. The van der Waals surface area contributed by atoms with Crippen molar-refractivity contribution in [1.82, 2.24) is 24.7 Å². The number of ether oxygens (including phenoxy) is 1. The van der Waals surface area contributed by atoms with Crippen LogP contribution in [-0.4, -0.2) is 31.8 Å². The molecule has 0 fully saturated rings. The van der Waals surface area contributed by atoms with Crippen molar-refractivity contribution in [3.63, 3.8) is 0 Å². The number of hydrogen-bond donors (Lipinski definition) is 0. The van der Waals surface area contributed by atoms with Gasteiger partial charge in [-0.1, -0.05) is 16.8 Å². The summed E-state index contributed by atoms with van der Waals surface area (Å²) in [6, 6.07) is 3.40. The van der Waals surface area contributed by atoms with Crippen LogP contribution in [0.5, 0.6) is 0 Å². The topological polar surface area (TPSA) is 78.3 Å². The van der Waals surface area contributed by atoms with E-state index in [1.165, 1.54) is 0 Å². The second kappa shape index (κ2) is 4.60. The Hall–Kier alpha value is -1.99. The van der Waals surface area contributed by atoms with Gasteiger partial charge in [0.1, 0.15) is 17.6 Å². The van der Waals surface area contributed by atoms with Crippen LogP contribution in [-0.2, 0) is 11.3 Å². The Balaban J connectivity index is 2.14. The van der Waals surface area contributed by atoms with Gasteiger partial charge in [0.15, 0.2) is 22.9 Å². The number of aryl methyl sites for hydroxylation is 1. The molecule has 8 heteroatoms. The van der Waals surface area contributed by atoms with Gasteiger partial charge in [-0.05, 0) is 6.92 Å². The highest BCUT2D eigenvalue weighted by atomic mass is 35.5. The van der Waals surface area contributed by atoms with Crippen LogP contribution in [0.25, 0.3) is 17.2 Å². The van der Waals surface area contributed by atoms with Crippen LogP contribution in [0.1, 0.15) is 11.6 Å². The average Bonchev–Trinajstić information content (AvgIpc) is 2.95. The van der Waals surface area contributed by atoms with E-state index in [0.29, 0.717) is 40.5 Å². The van der Waals surface area contributed by atoms with Crippen molar-refractivity contribution in [2.45, 2.75) is 13.5 Å². The number of hydrogen-bond acceptors (Lipinski definition) is 6. The summed E-state index contributed by atoms with van der Waals surface area (Å²) in [6.45, 7) is 2.18. The summed E-state index contributed by atoms with van der Waals surface area (Å²) in [5.74, 6) is 1.86. The number of nitrogens with zero attached hydrogens (tertiary/aromatic N) is 5. The van der Waals surface area contributed by atoms with Gasteiger partial charge in [0, 0.05) is 19.2 Å². The minimum absolute atomic E-state index is 0.354. The van der Waals surface area contributed by atoms with Crippen LogP contribution >= 0.6 is 11.6 Å². The molecule has 0 radical (unpaired) electrons. The van der Waals surface area contributed by atoms with E-state index in [0.717, 1.165) is 0 Å². The number of fused-ring (bicyclic) bond motifs is 1. The van der Waals surface area contributed by atoms with Gasteiger partial charge in [-0.2, -0.15) is 0 Å². The Labute approximate surface area is 113 Å².